The van der Waals surface area contributed by atoms with E-state index in [0.717, 1.165) is 0 Å². The first kappa shape index (κ1) is 39.1. The molecule has 0 saturated carbocycles. The van der Waals surface area contributed by atoms with Gasteiger partial charge in [-0.25, -0.2) is 0 Å². The van der Waals surface area contributed by atoms with Crippen molar-refractivity contribution in [1.82, 2.24) is 0 Å². The van der Waals surface area contributed by atoms with Crippen LogP contribution in [0.15, 0.2) is 109 Å². The van der Waals surface area contributed by atoms with Gasteiger partial charge in [-0.3, -0.25) is 0 Å². The van der Waals surface area contributed by atoms with Crippen LogP contribution in [0, 0.1) is 0 Å². The molecule has 0 aliphatic rings. The molecule has 0 radical (unpaired) electrons. The van der Waals surface area contributed by atoms with Crippen LogP contribution in [0.3, 0.4) is 0 Å². The Kier molecular flexibility index (Phi) is 22.1. The van der Waals surface area contributed by atoms with E-state index in [0.29, 0.717) is 0 Å². The largest absolute Gasteiger partial charge is 0.692 e. The average molecular weight is 642 g/mol. The highest BCUT2D eigenvalue weighted by molar-refractivity contribution is 7.30. The molecule has 0 heterocycles. The smallest absolute Gasteiger partial charge is 0.134 e. The monoisotopic (exact) mass is 641 g/mol. The first-order valence-corrected chi connectivity index (χ1v) is 18.8. The molecule has 0 aliphatic carbocycles. The minimum absolute atomic E-state index is 1.23. The molecule has 0 bridgehead atoms. The van der Waals surface area contributed by atoms with Crippen LogP contribution in [0.4, 0.5) is 0 Å². The number of benzene rings is 4. The van der Waals surface area contributed by atoms with Crippen molar-refractivity contribution in [2.45, 2.75) is 117 Å². The number of aryl methyl sites for hydroxylation is 2. The summed E-state index contributed by atoms with van der Waals surface area (Å²) in [4.78, 5) is 14.2. The van der Waals surface area contributed by atoms with Gasteiger partial charge in [-0.05, 0) is 59.1 Å². The van der Waals surface area contributed by atoms with Gasteiger partial charge in [0.05, 0.1) is 0 Å². The highest BCUT2D eigenvalue weighted by atomic mass is 31.1. The highest BCUT2D eigenvalue weighted by Gasteiger charge is 2.00. The van der Waals surface area contributed by atoms with Gasteiger partial charge < -0.3 is 0 Å². The van der Waals surface area contributed by atoms with E-state index in [1.54, 1.807) is 0 Å². The Morgan fingerprint density at radius 3 is 0.957 bits per heavy atom. The van der Waals surface area contributed by atoms with Crippen LogP contribution < -0.4 is 0 Å². The SMILES string of the molecule is CCCCCCCCCc1ccc(-c2ccccc2)cc1.CCCCCCCCCc1ccc(-c2ccccc2)cc1.O=[P+](O)O. The van der Waals surface area contributed by atoms with Gasteiger partial charge in [0.2, 0.25) is 0 Å². The fourth-order valence-electron chi connectivity index (χ4n) is 5.56. The van der Waals surface area contributed by atoms with Crippen molar-refractivity contribution in [3.05, 3.63) is 120 Å². The number of unbranched alkanes of at least 4 members (excludes halogenated alkanes) is 12. The second-order valence-corrected chi connectivity index (χ2v) is 12.6. The summed E-state index contributed by atoms with van der Waals surface area (Å²) in [6.07, 6.45) is 21.8. The lowest BCUT2D eigenvalue weighted by Crippen LogP contribution is -1.87. The van der Waals surface area contributed by atoms with E-state index < -0.39 is 8.25 Å². The molecule has 4 aromatic carbocycles. The van der Waals surface area contributed by atoms with Gasteiger partial charge in [-0.15, -0.1) is 9.79 Å². The summed E-state index contributed by atoms with van der Waals surface area (Å²) < 4.78 is 8.70. The summed E-state index contributed by atoms with van der Waals surface area (Å²) in [5.74, 6) is 0. The van der Waals surface area contributed by atoms with Crippen molar-refractivity contribution in [2.75, 3.05) is 0 Å². The number of hydrogen-bond donors (Lipinski definition) is 2. The first-order valence-electron chi connectivity index (χ1n) is 17.7. The quantitative estimate of drug-likeness (QED) is 0.0839. The second kappa shape index (κ2) is 26.0. The predicted molar refractivity (Wildman–Crippen MR) is 199 cm³/mol. The first-order chi connectivity index (χ1) is 22.5. The highest BCUT2D eigenvalue weighted by Crippen LogP contribution is 2.21. The number of hydrogen-bond acceptors (Lipinski definition) is 1. The van der Waals surface area contributed by atoms with Crippen molar-refractivity contribution in [3.8, 4) is 22.3 Å². The standard InChI is InChI=1S/2C21H28.HO3P/c2*1-2-3-4-5-6-7-9-12-19-15-17-21(18-16-19)20-13-10-8-11-14-20;1-4(2)3/h2*8,10-11,13-18H,2-7,9,12H2,1H3;(H-,1,2,3)/p+1. The summed E-state index contributed by atoms with van der Waals surface area (Å²) in [6, 6.07) is 39.4. The molecule has 4 rings (SSSR count). The van der Waals surface area contributed by atoms with Crippen LogP contribution in [0.5, 0.6) is 0 Å². The molecule has 0 fully saturated rings. The third-order valence-electron chi connectivity index (χ3n) is 8.26. The number of rotatable bonds is 18. The molecule has 248 valence electrons. The summed E-state index contributed by atoms with van der Waals surface area (Å²) in [5, 5.41) is 0. The van der Waals surface area contributed by atoms with E-state index in [1.165, 1.54) is 136 Å². The minimum Gasteiger partial charge on any atom is -0.134 e. The molecule has 0 aromatic heterocycles. The maximum Gasteiger partial charge on any atom is 0.692 e. The minimum atomic E-state index is -2.87. The van der Waals surface area contributed by atoms with E-state index in [-0.39, 0.29) is 0 Å². The third-order valence-corrected chi connectivity index (χ3v) is 8.26. The fraction of sp³-hybridized carbons (Fsp3) is 0.429. The molecule has 2 N–H and O–H groups in total. The second-order valence-electron chi connectivity index (χ2n) is 12.1. The normalized spacial score (nSPS) is 10.3. The van der Waals surface area contributed by atoms with Crippen molar-refractivity contribution in [1.29, 1.82) is 0 Å². The average Bonchev–Trinajstić information content (AvgIpc) is 3.09. The van der Waals surface area contributed by atoms with Gasteiger partial charge in [0.15, 0.2) is 0 Å². The lowest BCUT2D eigenvalue weighted by Gasteiger charge is -2.05. The molecule has 0 saturated heterocycles. The van der Waals surface area contributed by atoms with Crippen molar-refractivity contribution in [3.63, 3.8) is 0 Å². The Labute approximate surface area is 281 Å². The summed E-state index contributed by atoms with van der Waals surface area (Å²) in [7, 11) is -2.87. The van der Waals surface area contributed by atoms with Crippen LogP contribution >= 0.6 is 8.25 Å². The summed E-state index contributed by atoms with van der Waals surface area (Å²) >= 11 is 0. The van der Waals surface area contributed by atoms with Gasteiger partial charge in [0.25, 0.3) is 0 Å². The van der Waals surface area contributed by atoms with Crippen LogP contribution in [-0.4, -0.2) is 9.79 Å². The zero-order chi connectivity index (χ0) is 33.1. The molecule has 0 atom stereocenters. The van der Waals surface area contributed by atoms with Crippen LogP contribution in [0.25, 0.3) is 22.3 Å². The van der Waals surface area contributed by atoms with E-state index in [2.05, 4.69) is 123 Å². The lowest BCUT2D eigenvalue weighted by molar-refractivity contribution is 0.405. The molecule has 46 heavy (non-hydrogen) atoms. The van der Waals surface area contributed by atoms with Gasteiger partial charge in [-0.1, -0.05) is 200 Å². The van der Waals surface area contributed by atoms with Crippen molar-refractivity contribution in [2.24, 2.45) is 0 Å². The predicted octanol–water partition coefficient (Wildman–Crippen LogP) is 12.9. The Morgan fingerprint density at radius 2 is 0.652 bits per heavy atom. The van der Waals surface area contributed by atoms with Crippen molar-refractivity contribution >= 4 is 8.25 Å². The van der Waals surface area contributed by atoms with Gasteiger partial charge >= 0.3 is 8.25 Å². The van der Waals surface area contributed by atoms with Crippen molar-refractivity contribution < 1.29 is 14.4 Å². The van der Waals surface area contributed by atoms with Gasteiger partial charge in [-0.2, -0.15) is 0 Å². The Morgan fingerprint density at radius 1 is 0.391 bits per heavy atom. The third kappa shape index (κ3) is 18.8. The molecule has 0 unspecified atom stereocenters. The van der Waals surface area contributed by atoms with E-state index in [1.807, 2.05) is 0 Å². The van der Waals surface area contributed by atoms with E-state index in [9.17, 15) is 0 Å². The van der Waals surface area contributed by atoms with Crippen LogP contribution in [0.2, 0.25) is 0 Å². The molecule has 4 heteroatoms. The maximum absolute atomic E-state index is 8.70. The van der Waals surface area contributed by atoms with Crippen LogP contribution in [0.1, 0.15) is 115 Å². The topological polar surface area (TPSA) is 57.5 Å². The molecular formula is C42H58O3P+. The fourth-order valence-corrected chi connectivity index (χ4v) is 5.56. The van der Waals surface area contributed by atoms with E-state index >= 15 is 0 Å². The van der Waals surface area contributed by atoms with Gasteiger partial charge in [0, 0.05) is 4.57 Å². The van der Waals surface area contributed by atoms with E-state index in [4.69, 9.17) is 14.4 Å². The lowest BCUT2D eigenvalue weighted by atomic mass is 10.0. The molecule has 0 spiro atoms. The van der Waals surface area contributed by atoms with Crippen LogP contribution in [-0.2, 0) is 17.4 Å². The molecule has 3 nitrogen and oxygen atoms in total. The Bertz CT molecular complexity index is 1170. The zero-order valence-electron chi connectivity index (χ0n) is 28.5. The molecule has 0 amide bonds. The Balaban J connectivity index is 0.000000287. The summed E-state index contributed by atoms with van der Waals surface area (Å²) in [5.41, 5.74) is 8.20. The molecule has 0 aliphatic heterocycles. The van der Waals surface area contributed by atoms with Gasteiger partial charge in [0.1, 0.15) is 0 Å². The molecule has 4 aromatic rings. The zero-order valence-corrected chi connectivity index (χ0v) is 29.4. The Hall–Kier alpha value is -3.10. The maximum atomic E-state index is 8.70. The summed E-state index contributed by atoms with van der Waals surface area (Å²) in [6.45, 7) is 4.55. The molecular weight excluding hydrogens is 583 g/mol.